The largest absolute Gasteiger partial charge is 0.228 e. The molecule has 0 unspecified atom stereocenters. The van der Waals surface area contributed by atoms with Crippen molar-refractivity contribution in [1.29, 1.82) is 0 Å². The van der Waals surface area contributed by atoms with Crippen LogP contribution in [0.5, 0.6) is 0 Å². The summed E-state index contributed by atoms with van der Waals surface area (Å²) in [4.78, 5) is 10.8. The van der Waals surface area contributed by atoms with Crippen molar-refractivity contribution in [2.24, 2.45) is 0 Å². The van der Waals surface area contributed by atoms with Gasteiger partial charge in [0.1, 0.15) is 0 Å². The Bertz CT molecular complexity index is 3400. The van der Waals surface area contributed by atoms with E-state index in [2.05, 4.69) is 231 Å². The van der Waals surface area contributed by atoms with Gasteiger partial charge in [-0.05, 0) is 86.0 Å². The van der Waals surface area contributed by atoms with Crippen molar-refractivity contribution in [3.63, 3.8) is 0 Å². The van der Waals surface area contributed by atoms with E-state index in [0.29, 0.717) is 5.82 Å². The summed E-state index contributed by atoms with van der Waals surface area (Å²) in [6.07, 6.45) is 0. The fraction of sp³-hybridized carbons (Fsp3) is 0.0169. The highest BCUT2D eigenvalue weighted by Crippen LogP contribution is 2.56. The first-order valence-corrected chi connectivity index (χ1v) is 22.0. The molecule has 62 heavy (non-hydrogen) atoms. The first-order chi connectivity index (χ1) is 30.7. The number of hydrogen-bond acceptors (Lipinski definition) is 3. The maximum atomic E-state index is 5.41. The van der Waals surface area contributed by atoms with Crippen LogP contribution in [-0.4, -0.2) is 9.97 Å². The predicted molar refractivity (Wildman–Crippen MR) is 259 cm³/mol. The molecule has 9 aromatic carbocycles. The molecule has 1 aliphatic rings. The van der Waals surface area contributed by atoms with Gasteiger partial charge in [0.2, 0.25) is 0 Å². The molecule has 0 saturated heterocycles. The topological polar surface area (TPSA) is 25.8 Å². The van der Waals surface area contributed by atoms with Gasteiger partial charge >= 0.3 is 0 Å². The average Bonchev–Trinajstić information content (AvgIpc) is 3.89. The SMILES string of the molecule is c1ccc(-c2cccc(-c3nc(-c4ccc(-c5cccc6sc7ccccc7c56)cc4)cc(-c4ccc5c(c4)C(c4ccccc4)(c4ccccc4)c4ccccc4-5)n3)c2)cc1. The van der Waals surface area contributed by atoms with Gasteiger partial charge in [0.05, 0.1) is 16.8 Å². The van der Waals surface area contributed by atoms with Crippen molar-refractivity contribution in [1.82, 2.24) is 9.97 Å². The van der Waals surface area contributed by atoms with Gasteiger partial charge in [0.25, 0.3) is 0 Å². The molecule has 0 aliphatic heterocycles. The molecule has 2 aromatic heterocycles. The quantitative estimate of drug-likeness (QED) is 0.160. The maximum absolute atomic E-state index is 5.41. The highest BCUT2D eigenvalue weighted by Gasteiger charge is 2.46. The minimum atomic E-state index is -0.514. The van der Waals surface area contributed by atoms with Crippen LogP contribution in [0.15, 0.2) is 231 Å². The van der Waals surface area contributed by atoms with Crippen LogP contribution in [0.4, 0.5) is 0 Å². The molecule has 0 fully saturated rings. The van der Waals surface area contributed by atoms with E-state index in [4.69, 9.17) is 9.97 Å². The molecule has 0 saturated carbocycles. The Kier molecular flexibility index (Phi) is 8.62. The third-order valence-corrected chi connectivity index (χ3v) is 13.7. The van der Waals surface area contributed by atoms with Crippen LogP contribution in [0.1, 0.15) is 22.3 Å². The van der Waals surface area contributed by atoms with E-state index in [1.54, 1.807) is 0 Å². The molecule has 0 radical (unpaired) electrons. The van der Waals surface area contributed by atoms with Crippen molar-refractivity contribution in [3.05, 3.63) is 253 Å². The van der Waals surface area contributed by atoms with Gasteiger partial charge < -0.3 is 0 Å². The molecule has 12 rings (SSSR count). The Morgan fingerprint density at radius 3 is 1.65 bits per heavy atom. The Labute approximate surface area is 365 Å². The molecule has 0 amide bonds. The zero-order valence-corrected chi connectivity index (χ0v) is 34.6. The molecular weight excluding hydrogens is 769 g/mol. The highest BCUT2D eigenvalue weighted by atomic mass is 32.1. The smallest absolute Gasteiger partial charge is 0.160 e. The van der Waals surface area contributed by atoms with E-state index in [-0.39, 0.29) is 0 Å². The van der Waals surface area contributed by atoms with Crippen LogP contribution >= 0.6 is 11.3 Å². The van der Waals surface area contributed by atoms with Gasteiger partial charge in [-0.15, -0.1) is 11.3 Å². The number of hydrogen-bond donors (Lipinski definition) is 0. The van der Waals surface area contributed by atoms with E-state index < -0.39 is 5.41 Å². The summed E-state index contributed by atoms with van der Waals surface area (Å²) in [6, 6.07) is 83.4. The lowest BCUT2D eigenvalue weighted by molar-refractivity contribution is 0.768. The minimum absolute atomic E-state index is 0.514. The van der Waals surface area contributed by atoms with Gasteiger partial charge in [-0.3, -0.25) is 0 Å². The zero-order valence-electron chi connectivity index (χ0n) is 33.7. The summed E-state index contributed by atoms with van der Waals surface area (Å²) < 4.78 is 2.61. The lowest BCUT2D eigenvalue weighted by atomic mass is 9.67. The fourth-order valence-electron chi connectivity index (χ4n) is 9.78. The van der Waals surface area contributed by atoms with Crippen molar-refractivity contribution >= 4 is 31.5 Å². The van der Waals surface area contributed by atoms with E-state index in [1.807, 2.05) is 11.3 Å². The summed E-state index contributed by atoms with van der Waals surface area (Å²) in [5.74, 6) is 0.690. The van der Waals surface area contributed by atoms with E-state index in [9.17, 15) is 0 Å². The second-order valence-electron chi connectivity index (χ2n) is 16.1. The number of thiophene rings is 1. The molecule has 0 atom stereocenters. The van der Waals surface area contributed by atoms with Crippen LogP contribution in [0.2, 0.25) is 0 Å². The minimum Gasteiger partial charge on any atom is -0.228 e. The Hall–Kier alpha value is -7.72. The first kappa shape index (κ1) is 36.2. The highest BCUT2D eigenvalue weighted by molar-refractivity contribution is 7.25. The third-order valence-electron chi connectivity index (χ3n) is 12.6. The fourth-order valence-corrected chi connectivity index (χ4v) is 10.9. The Balaban J connectivity index is 1.04. The standard InChI is InChI=1S/C59H38N2S/c1-4-16-39(17-5-1)42-18-14-19-44(36-42)58-60-53(41-32-30-40(31-33-41)47-26-15-29-56-57(47)50-25-11-13-28-55(50)62-56)38-54(61-58)43-34-35-49-48-24-10-12-27-51(48)59(52(49)37-43,45-20-6-2-7-21-45)46-22-8-3-9-23-46/h1-38H. The summed E-state index contributed by atoms with van der Waals surface area (Å²) >= 11 is 1.85. The molecule has 0 spiro atoms. The van der Waals surface area contributed by atoms with Crippen LogP contribution in [0.3, 0.4) is 0 Å². The van der Waals surface area contributed by atoms with Crippen LogP contribution in [0, 0.1) is 0 Å². The number of rotatable bonds is 7. The second kappa shape index (κ2) is 14.8. The number of benzene rings is 9. The maximum Gasteiger partial charge on any atom is 0.160 e. The summed E-state index contributed by atoms with van der Waals surface area (Å²) in [7, 11) is 0. The lowest BCUT2D eigenvalue weighted by Gasteiger charge is -2.34. The van der Waals surface area contributed by atoms with E-state index in [0.717, 1.165) is 39.2 Å². The normalized spacial score (nSPS) is 12.6. The molecule has 11 aromatic rings. The van der Waals surface area contributed by atoms with Crippen LogP contribution < -0.4 is 0 Å². The van der Waals surface area contributed by atoms with Gasteiger partial charge in [-0.1, -0.05) is 200 Å². The van der Waals surface area contributed by atoms with Crippen molar-refractivity contribution in [2.75, 3.05) is 0 Å². The lowest BCUT2D eigenvalue weighted by Crippen LogP contribution is -2.28. The molecule has 1 aliphatic carbocycles. The van der Waals surface area contributed by atoms with Gasteiger partial charge in [-0.25, -0.2) is 9.97 Å². The van der Waals surface area contributed by atoms with Crippen LogP contribution in [-0.2, 0) is 5.41 Å². The molecule has 0 N–H and O–H groups in total. The summed E-state index contributed by atoms with van der Waals surface area (Å²) in [6.45, 7) is 0. The molecule has 2 nitrogen and oxygen atoms in total. The van der Waals surface area contributed by atoms with E-state index >= 15 is 0 Å². The van der Waals surface area contributed by atoms with Gasteiger partial charge in [-0.2, -0.15) is 0 Å². The summed E-state index contributed by atoms with van der Waals surface area (Å²) in [5, 5.41) is 2.61. The molecular formula is C59H38N2S. The number of fused-ring (bicyclic) bond motifs is 6. The summed E-state index contributed by atoms with van der Waals surface area (Å²) in [5.41, 5.74) is 16.5. The number of nitrogens with zero attached hydrogens (tertiary/aromatic N) is 2. The Morgan fingerprint density at radius 2 is 0.871 bits per heavy atom. The van der Waals surface area contributed by atoms with Crippen LogP contribution in [0.25, 0.3) is 87.5 Å². The van der Waals surface area contributed by atoms with Crippen molar-refractivity contribution in [3.8, 4) is 67.3 Å². The monoisotopic (exact) mass is 806 g/mol. The molecule has 0 bridgehead atoms. The van der Waals surface area contributed by atoms with Crippen molar-refractivity contribution in [2.45, 2.75) is 5.41 Å². The molecule has 2 heterocycles. The van der Waals surface area contributed by atoms with Crippen molar-refractivity contribution < 1.29 is 0 Å². The van der Waals surface area contributed by atoms with Gasteiger partial charge in [0.15, 0.2) is 5.82 Å². The van der Waals surface area contributed by atoms with E-state index in [1.165, 1.54) is 64.7 Å². The second-order valence-corrected chi connectivity index (χ2v) is 17.1. The molecule has 290 valence electrons. The van der Waals surface area contributed by atoms with Gasteiger partial charge in [0, 0.05) is 36.9 Å². The Morgan fingerprint density at radius 1 is 0.323 bits per heavy atom. The first-order valence-electron chi connectivity index (χ1n) is 21.1. The zero-order chi connectivity index (χ0) is 41.0. The third kappa shape index (κ3) is 5.85. The molecule has 3 heteroatoms. The predicted octanol–water partition coefficient (Wildman–Crippen LogP) is 15.5. The number of aromatic nitrogens is 2. The average molecular weight is 807 g/mol.